The molecule has 0 fully saturated rings. The molecule has 0 spiro atoms. The first kappa shape index (κ1) is 20.2. The van der Waals surface area contributed by atoms with Crippen LogP contribution in [-0.4, -0.2) is 29.7 Å². The van der Waals surface area contributed by atoms with Gasteiger partial charge in [-0.15, -0.1) is 11.3 Å². The van der Waals surface area contributed by atoms with Crippen molar-refractivity contribution < 1.29 is 9.47 Å². The predicted molar refractivity (Wildman–Crippen MR) is 124 cm³/mol. The summed E-state index contributed by atoms with van der Waals surface area (Å²) in [6.07, 6.45) is 2.44. The van der Waals surface area contributed by atoms with Gasteiger partial charge >= 0.3 is 0 Å². The number of hydrogen-bond acceptors (Lipinski definition) is 6. The van der Waals surface area contributed by atoms with Crippen molar-refractivity contribution in [2.75, 3.05) is 25.1 Å². The molecule has 0 aliphatic rings. The van der Waals surface area contributed by atoms with Gasteiger partial charge in [-0.3, -0.25) is 0 Å². The molecule has 6 heteroatoms. The number of benzene rings is 2. The summed E-state index contributed by atoms with van der Waals surface area (Å²) in [5, 5.41) is 7.84. The summed E-state index contributed by atoms with van der Waals surface area (Å²) >= 11 is 1.62. The molecule has 0 aliphatic carbocycles. The summed E-state index contributed by atoms with van der Waals surface area (Å²) in [6.45, 7) is 6.06. The standard InChI is InChI=1S/C24H25N3O2S/c1-3-28-20-13-23(30-15-20)21-14-24(27-16-26-21)25-10-9-19-11-17-7-5-6-8-18(17)12-22(19)29-4-2/h5-8,11-16H,3-4,9-10H2,1-2H3,(H,25,26,27). The van der Waals surface area contributed by atoms with E-state index in [0.717, 1.165) is 40.9 Å². The van der Waals surface area contributed by atoms with Crippen LogP contribution in [0.3, 0.4) is 0 Å². The summed E-state index contributed by atoms with van der Waals surface area (Å²) in [4.78, 5) is 9.84. The highest BCUT2D eigenvalue weighted by atomic mass is 32.1. The minimum absolute atomic E-state index is 0.651. The largest absolute Gasteiger partial charge is 0.494 e. The molecule has 2 aromatic carbocycles. The summed E-state index contributed by atoms with van der Waals surface area (Å²) in [7, 11) is 0. The van der Waals surface area contributed by atoms with E-state index in [1.165, 1.54) is 16.3 Å². The van der Waals surface area contributed by atoms with Crippen molar-refractivity contribution in [2.45, 2.75) is 20.3 Å². The zero-order valence-corrected chi connectivity index (χ0v) is 18.0. The third-order valence-corrected chi connectivity index (χ3v) is 5.67. The van der Waals surface area contributed by atoms with Gasteiger partial charge in [0.15, 0.2) is 0 Å². The van der Waals surface area contributed by atoms with E-state index >= 15 is 0 Å². The monoisotopic (exact) mass is 419 g/mol. The molecule has 0 radical (unpaired) electrons. The fourth-order valence-electron chi connectivity index (χ4n) is 3.36. The van der Waals surface area contributed by atoms with Gasteiger partial charge in [-0.1, -0.05) is 24.3 Å². The smallest absolute Gasteiger partial charge is 0.130 e. The van der Waals surface area contributed by atoms with Gasteiger partial charge < -0.3 is 14.8 Å². The SMILES string of the molecule is CCOc1csc(-c2cc(NCCc3cc4ccccc4cc3OCC)ncn2)c1. The Balaban J connectivity index is 1.46. The van der Waals surface area contributed by atoms with Gasteiger partial charge in [-0.25, -0.2) is 9.97 Å². The van der Waals surface area contributed by atoms with Crippen LogP contribution in [0, 0.1) is 0 Å². The van der Waals surface area contributed by atoms with E-state index in [-0.39, 0.29) is 0 Å². The highest BCUT2D eigenvalue weighted by Gasteiger charge is 2.08. The quantitative estimate of drug-likeness (QED) is 0.371. The minimum atomic E-state index is 0.651. The number of nitrogens with one attached hydrogen (secondary N) is 1. The van der Waals surface area contributed by atoms with Crippen molar-refractivity contribution in [3.8, 4) is 22.1 Å². The first-order valence-corrected chi connectivity index (χ1v) is 11.1. The third-order valence-electron chi connectivity index (χ3n) is 4.74. The Bertz CT molecular complexity index is 1130. The Morgan fingerprint density at radius 1 is 0.933 bits per heavy atom. The molecule has 0 amide bonds. The Kier molecular flexibility index (Phi) is 6.44. The van der Waals surface area contributed by atoms with Crippen LogP contribution < -0.4 is 14.8 Å². The second kappa shape index (κ2) is 9.59. The fraction of sp³-hybridized carbons (Fsp3) is 0.250. The van der Waals surface area contributed by atoms with Crippen LogP contribution in [-0.2, 0) is 6.42 Å². The molecule has 4 rings (SSSR count). The molecule has 0 atom stereocenters. The zero-order chi connectivity index (χ0) is 20.8. The van der Waals surface area contributed by atoms with Gasteiger partial charge in [-0.05, 0) is 48.7 Å². The Labute approximate surface area is 180 Å². The number of aromatic nitrogens is 2. The van der Waals surface area contributed by atoms with Gasteiger partial charge in [0.2, 0.25) is 0 Å². The van der Waals surface area contributed by atoms with Crippen LogP contribution in [0.5, 0.6) is 11.5 Å². The maximum atomic E-state index is 5.88. The number of nitrogens with zero attached hydrogens (tertiary/aromatic N) is 2. The van der Waals surface area contributed by atoms with Crippen molar-refractivity contribution in [1.29, 1.82) is 0 Å². The third kappa shape index (κ3) is 4.71. The summed E-state index contributed by atoms with van der Waals surface area (Å²) < 4.78 is 11.4. The second-order valence-electron chi connectivity index (χ2n) is 6.79. The van der Waals surface area contributed by atoms with Crippen molar-refractivity contribution in [3.63, 3.8) is 0 Å². The van der Waals surface area contributed by atoms with Crippen molar-refractivity contribution in [1.82, 2.24) is 9.97 Å². The maximum Gasteiger partial charge on any atom is 0.130 e. The van der Waals surface area contributed by atoms with Gasteiger partial charge in [-0.2, -0.15) is 0 Å². The molecule has 0 aliphatic heterocycles. The van der Waals surface area contributed by atoms with Crippen LogP contribution >= 0.6 is 11.3 Å². The van der Waals surface area contributed by atoms with Gasteiger partial charge in [0.05, 0.1) is 23.8 Å². The maximum absolute atomic E-state index is 5.88. The lowest BCUT2D eigenvalue weighted by molar-refractivity contribution is 0.337. The lowest BCUT2D eigenvalue weighted by atomic mass is 10.0. The van der Waals surface area contributed by atoms with E-state index in [2.05, 4.69) is 51.7 Å². The second-order valence-corrected chi connectivity index (χ2v) is 7.70. The molecule has 2 heterocycles. The first-order chi connectivity index (χ1) is 14.8. The van der Waals surface area contributed by atoms with E-state index in [4.69, 9.17) is 9.47 Å². The van der Waals surface area contributed by atoms with Crippen LogP contribution in [0.2, 0.25) is 0 Å². The molecule has 2 aromatic heterocycles. The normalized spacial score (nSPS) is 10.9. The number of ether oxygens (including phenoxy) is 2. The van der Waals surface area contributed by atoms with E-state index in [0.29, 0.717) is 13.2 Å². The van der Waals surface area contributed by atoms with Crippen LogP contribution in [0.4, 0.5) is 5.82 Å². The lowest BCUT2D eigenvalue weighted by Crippen LogP contribution is -2.08. The molecular weight excluding hydrogens is 394 g/mol. The predicted octanol–water partition coefficient (Wildman–Crippen LogP) is 5.81. The summed E-state index contributed by atoms with van der Waals surface area (Å²) in [5.41, 5.74) is 2.08. The van der Waals surface area contributed by atoms with E-state index in [1.807, 2.05) is 31.4 Å². The van der Waals surface area contributed by atoms with Gasteiger partial charge in [0.1, 0.15) is 23.6 Å². The molecule has 5 nitrogen and oxygen atoms in total. The highest BCUT2D eigenvalue weighted by Crippen LogP contribution is 2.31. The number of fused-ring (bicyclic) bond motifs is 1. The molecular formula is C24H25N3O2S. The summed E-state index contributed by atoms with van der Waals surface area (Å²) in [6, 6.07) is 16.7. The number of anilines is 1. The molecule has 30 heavy (non-hydrogen) atoms. The van der Waals surface area contributed by atoms with Crippen LogP contribution in [0.25, 0.3) is 21.3 Å². The highest BCUT2D eigenvalue weighted by molar-refractivity contribution is 7.13. The van der Waals surface area contributed by atoms with E-state index in [1.54, 1.807) is 17.7 Å². The molecule has 0 saturated heterocycles. The van der Waals surface area contributed by atoms with Crippen molar-refractivity contribution in [3.05, 3.63) is 65.8 Å². The molecule has 0 unspecified atom stereocenters. The fourth-order valence-corrected chi connectivity index (χ4v) is 4.16. The molecule has 4 aromatic rings. The number of rotatable bonds is 9. The number of thiophene rings is 1. The van der Waals surface area contributed by atoms with E-state index in [9.17, 15) is 0 Å². The van der Waals surface area contributed by atoms with Crippen LogP contribution in [0.15, 0.2) is 60.2 Å². The number of hydrogen-bond donors (Lipinski definition) is 1. The minimum Gasteiger partial charge on any atom is -0.494 e. The zero-order valence-electron chi connectivity index (χ0n) is 17.2. The topological polar surface area (TPSA) is 56.3 Å². The molecule has 0 bridgehead atoms. The first-order valence-electron chi connectivity index (χ1n) is 10.2. The molecule has 0 saturated carbocycles. The Morgan fingerprint density at radius 3 is 2.53 bits per heavy atom. The average Bonchev–Trinajstić information content (AvgIpc) is 3.23. The molecule has 1 N–H and O–H groups in total. The lowest BCUT2D eigenvalue weighted by Gasteiger charge is -2.13. The van der Waals surface area contributed by atoms with Gasteiger partial charge in [0.25, 0.3) is 0 Å². The van der Waals surface area contributed by atoms with Crippen molar-refractivity contribution >= 4 is 27.9 Å². The van der Waals surface area contributed by atoms with Crippen molar-refractivity contribution in [2.24, 2.45) is 0 Å². The average molecular weight is 420 g/mol. The summed E-state index contributed by atoms with van der Waals surface area (Å²) in [5.74, 6) is 2.64. The Hall–Kier alpha value is -3.12. The Morgan fingerprint density at radius 2 is 1.73 bits per heavy atom. The van der Waals surface area contributed by atoms with Gasteiger partial charge in [0, 0.05) is 24.1 Å². The van der Waals surface area contributed by atoms with E-state index < -0.39 is 0 Å². The molecule has 154 valence electrons. The van der Waals surface area contributed by atoms with Crippen LogP contribution in [0.1, 0.15) is 19.4 Å².